The van der Waals surface area contributed by atoms with Crippen LogP contribution in [-0.4, -0.2) is 0 Å². The number of fused-ring (bicyclic) bond motifs is 1. The molecule has 3 heteroatoms. The molecule has 96 valence electrons. The molecule has 0 saturated heterocycles. The van der Waals surface area contributed by atoms with Gasteiger partial charge in [0.25, 0.3) is 0 Å². The minimum atomic E-state index is 0.270. The largest absolute Gasteiger partial charge is 0.378 e. The molecule has 1 heterocycles. The number of benzene rings is 2. The third kappa shape index (κ3) is 2.67. The summed E-state index contributed by atoms with van der Waals surface area (Å²) >= 11 is 5.38. The summed E-state index contributed by atoms with van der Waals surface area (Å²) in [5, 5.41) is 6.99. The van der Waals surface area contributed by atoms with E-state index >= 15 is 0 Å². The molecule has 3 rings (SSSR count). The molecule has 0 saturated carbocycles. The molecule has 2 aromatic carbocycles. The van der Waals surface area contributed by atoms with Crippen LogP contribution in [0.15, 0.2) is 58.4 Å². The Kier molecular flexibility index (Phi) is 3.58. The Bertz CT molecular complexity index is 705. The summed E-state index contributed by atoms with van der Waals surface area (Å²) in [5.41, 5.74) is 2.43. The van der Waals surface area contributed by atoms with Crippen LogP contribution in [0, 0.1) is 0 Å². The molecular formula is C16H14BrNS. The third-order valence-corrected chi connectivity index (χ3v) is 4.83. The van der Waals surface area contributed by atoms with E-state index in [1.807, 2.05) is 6.07 Å². The second-order valence-corrected chi connectivity index (χ2v) is 6.36. The van der Waals surface area contributed by atoms with Gasteiger partial charge in [-0.2, -0.15) is 0 Å². The average molecular weight is 332 g/mol. The van der Waals surface area contributed by atoms with E-state index in [1.54, 1.807) is 11.3 Å². The molecule has 1 nitrogen and oxygen atoms in total. The standard InChI is InChI=1S/C16H14BrNS/c1-11(14-4-2-3-5-15(14)17)18-13-6-7-16-12(10-13)8-9-19-16/h2-11,18H,1H3. The topological polar surface area (TPSA) is 12.0 Å². The van der Waals surface area contributed by atoms with Crippen molar-refractivity contribution in [2.75, 3.05) is 5.32 Å². The van der Waals surface area contributed by atoms with Gasteiger partial charge in [0, 0.05) is 20.9 Å². The lowest BCUT2D eigenvalue weighted by Gasteiger charge is -2.17. The van der Waals surface area contributed by atoms with Gasteiger partial charge in [0.1, 0.15) is 0 Å². The van der Waals surface area contributed by atoms with Crippen molar-refractivity contribution < 1.29 is 0 Å². The zero-order chi connectivity index (χ0) is 13.2. The van der Waals surface area contributed by atoms with Crippen molar-refractivity contribution in [3.63, 3.8) is 0 Å². The van der Waals surface area contributed by atoms with Gasteiger partial charge < -0.3 is 5.32 Å². The quantitative estimate of drug-likeness (QED) is 0.635. The highest BCUT2D eigenvalue weighted by molar-refractivity contribution is 9.10. The average Bonchev–Trinajstić information content (AvgIpc) is 2.86. The Balaban J connectivity index is 1.86. The highest BCUT2D eigenvalue weighted by Crippen LogP contribution is 2.28. The smallest absolute Gasteiger partial charge is 0.0496 e. The third-order valence-electron chi connectivity index (χ3n) is 3.21. The number of hydrogen-bond donors (Lipinski definition) is 1. The minimum absolute atomic E-state index is 0.270. The predicted molar refractivity (Wildman–Crippen MR) is 88.0 cm³/mol. The molecule has 0 fully saturated rings. The first-order chi connectivity index (χ1) is 9.24. The molecule has 1 aromatic heterocycles. The fourth-order valence-electron chi connectivity index (χ4n) is 2.21. The van der Waals surface area contributed by atoms with Gasteiger partial charge in [0.05, 0.1) is 0 Å². The molecule has 0 bridgehead atoms. The molecular weight excluding hydrogens is 318 g/mol. The fraction of sp³-hybridized carbons (Fsp3) is 0.125. The summed E-state index contributed by atoms with van der Waals surface area (Å²) in [6, 6.07) is 17.3. The van der Waals surface area contributed by atoms with Crippen molar-refractivity contribution >= 4 is 43.0 Å². The summed E-state index contributed by atoms with van der Waals surface area (Å²) in [6.45, 7) is 2.18. The highest BCUT2D eigenvalue weighted by Gasteiger charge is 2.08. The van der Waals surface area contributed by atoms with Gasteiger partial charge in [-0.25, -0.2) is 0 Å². The maximum atomic E-state index is 3.61. The van der Waals surface area contributed by atoms with Gasteiger partial charge in [-0.05, 0) is 53.6 Å². The van der Waals surface area contributed by atoms with Crippen LogP contribution in [0.4, 0.5) is 5.69 Å². The lowest BCUT2D eigenvalue weighted by atomic mass is 10.1. The zero-order valence-electron chi connectivity index (χ0n) is 10.6. The Morgan fingerprint density at radius 2 is 1.95 bits per heavy atom. The van der Waals surface area contributed by atoms with Gasteiger partial charge in [-0.3, -0.25) is 0 Å². The number of thiophene rings is 1. The Morgan fingerprint density at radius 1 is 1.11 bits per heavy atom. The van der Waals surface area contributed by atoms with Crippen LogP contribution in [0.3, 0.4) is 0 Å². The van der Waals surface area contributed by atoms with Crippen LogP contribution >= 0.6 is 27.3 Å². The molecule has 0 aliphatic rings. The number of anilines is 1. The SMILES string of the molecule is CC(Nc1ccc2sccc2c1)c1ccccc1Br. The molecule has 19 heavy (non-hydrogen) atoms. The minimum Gasteiger partial charge on any atom is -0.378 e. The highest BCUT2D eigenvalue weighted by atomic mass is 79.9. The van der Waals surface area contributed by atoms with E-state index in [0.717, 1.165) is 10.2 Å². The first-order valence-electron chi connectivity index (χ1n) is 6.22. The van der Waals surface area contributed by atoms with Gasteiger partial charge in [-0.1, -0.05) is 34.1 Å². The first-order valence-corrected chi connectivity index (χ1v) is 7.89. The van der Waals surface area contributed by atoms with E-state index in [0.29, 0.717) is 0 Å². The normalized spacial score (nSPS) is 12.5. The molecule has 3 aromatic rings. The molecule has 1 atom stereocenters. The van der Waals surface area contributed by atoms with Crippen LogP contribution in [0.5, 0.6) is 0 Å². The molecule has 0 aliphatic heterocycles. The van der Waals surface area contributed by atoms with E-state index in [-0.39, 0.29) is 6.04 Å². The summed E-state index contributed by atoms with van der Waals surface area (Å²) in [5.74, 6) is 0. The maximum Gasteiger partial charge on any atom is 0.0496 e. The van der Waals surface area contributed by atoms with Crippen LogP contribution in [-0.2, 0) is 0 Å². The monoisotopic (exact) mass is 331 g/mol. The van der Waals surface area contributed by atoms with Crippen LogP contribution < -0.4 is 5.32 Å². The lowest BCUT2D eigenvalue weighted by molar-refractivity contribution is 0.879. The second kappa shape index (κ2) is 5.35. The van der Waals surface area contributed by atoms with Gasteiger partial charge in [0.2, 0.25) is 0 Å². The molecule has 0 amide bonds. The fourth-order valence-corrected chi connectivity index (χ4v) is 3.61. The molecule has 1 unspecified atom stereocenters. The summed E-state index contributed by atoms with van der Waals surface area (Å²) in [4.78, 5) is 0. The van der Waals surface area contributed by atoms with E-state index in [9.17, 15) is 0 Å². The number of halogens is 1. The zero-order valence-corrected chi connectivity index (χ0v) is 13.0. The summed E-state index contributed by atoms with van der Waals surface area (Å²) in [7, 11) is 0. The maximum absolute atomic E-state index is 3.61. The Morgan fingerprint density at radius 3 is 2.79 bits per heavy atom. The molecule has 1 N–H and O–H groups in total. The number of hydrogen-bond acceptors (Lipinski definition) is 2. The first kappa shape index (κ1) is 12.7. The van der Waals surface area contributed by atoms with Gasteiger partial charge >= 0.3 is 0 Å². The Hall–Kier alpha value is -1.32. The van der Waals surface area contributed by atoms with Crippen LogP contribution in [0.2, 0.25) is 0 Å². The summed E-state index contributed by atoms with van der Waals surface area (Å²) in [6.07, 6.45) is 0. The summed E-state index contributed by atoms with van der Waals surface area (Å²) < 4.78 is 2.48. The number of nitrogens with one attached hydrogen (secondary N) is 1. The molecule has 0 radical (unpaired) electrons. The van der Waals surface area contributed by atoms with E-state index in [1.165, 1.54) is 15.6 Å². The second-order valence-electron chi connectivity index (χ2n) is 4.56. The van der Waals surface area contributed by atoms with E-state index in [2.05, 4.69) is 76.0 Å². The van der Waals surface area contributed by atoms with Gasteiger partial charge in [0.15, 0.2) is 0 Å². The van der Waals surface area contributed by atoms with E-state index < -0.39 is 0 Å². The van der Waals surface area contributed by atoms with Crippen molar-refractivity contribution in [2.24, 2.45) is 0 Å². The van der Waals surface area contributed by atoms with Crippen molar-refractivity contribution in [3.8, 4) is 0 Å². The van der Waals surface area contributed by atoms with Gasteiger partial charge in [-0.15, -0.1) is 11.3 Å². The van der Waals surface area contributed by atoms with Crippen LogP contribution in [0.1, 0.15) is 18.5 Å². The Labute approximate surface area is 125 Å². The van der Waals surface area contributed by atoms with Crippen molar-refractivity contribution in [1.29, 1.82) is 0 Å². The van der Waals surface area contributed by atoms with Crippen molar-refractivity contribution in [3.05, 3.63) is 63.9 Å². The molecule has 0 aliphatic carbocycles. The van der Waals surface area contributed by atoms with Crippen molar-refractivity contribution in [1.82, 2.24) is 0 Å². The lowest BCUT2D eigenvalue weighted by Crippen LogP contribution is -2.06. The molecule has 0 spiro atoms. The van der Waals surface area contributed by atoms with E-state index in [4.69, 9.17) is 0 Å². The van der Waals surface area contributed by atoms with Crippen molar-refractivity contribution in [2.45, 2.75) is 13.0 Å². The van der Waals surface area contributed by atoms with Crippen LogP contribution in [0.25, 0.3) is 10.1 Å². The predicted octanol–water partition coefficient (Wildman–Crippen LogP) is 5.84. The number of rotatable bonds is 3.